The summed E-state index contributed by atoms with van der Waals surface area (Å²) in [6.45, 7) is 7.07. The molecule has 0 radical (unpaired) electrons. The van der Waals surface area contributed by atoms with E-state index < -0.39 is 0 Å². The number of nitrogens with one attached hydrogen (secondary N) is 1. The minimum atomic E-state index is 0.359. The van der Waals surface area contributed by atoms with E-state index in [0.717, 1.165) is 24.3 Å². The summed E-state index contributed by atoms with van der Waals surface area (Å²) in [5.74, 6) is 1.34. The van der Waals surface area contributed by atoms with Crippen LogP contribution in [0.15, 0.2) is 24.4 Å². The zero-order chi connectivity index (χ0) is 13.7. The molecule has 0 aliphatic rings. The predicted octanol–water partition coefficient (Wildman–Crippen LogP) is 3.11. The van der Waals surface area contributed by atoms with Crippen LogP contribution in [0.2, 0.25) is 0 Å². The number of aromatic amines is 1. The summed E-state index contributed by atoms with van der Waals surface area (Å²) in [5, 5.41) is 10.6. The van der Waals surface area contributed by atoms with E-state index in [2.05, 4.69) is 47.5 Å². The standard InChI is InChI=1S/C15H21N3O/c1-4-12-6-7-15(19-5-2)14(9-12)11(3)8-13-10-16-18-17-13/h6-7,9-11H,4-5,8H2,1-3H3,(H,16,17,18). The summed E-state index contributed by atoms with van der Waals surface area (Å²) < 4.78 is 5.73. The summed E-state index contributed by atoms with van der Waals surface area (Å²) >= 11 is 0. The largest absolute Gasteiger partial charge is 0.494 e. The molecule has 0 spiro atoms. The minimum absolute atomic E-state index is 0.359. The summed E-state index contributed by atoms with van der Waals surface area (Å²) in [4.78, 5) is 0. The van der Waals surface area contributed by atoms with Gasteiger partial charge >= 0.3 is 0 Å². The molecule has 1 atom stereocenters. The molecule has 0 saturated heterocycles. The molecule has 2 rings (SSSR count). The molecule has 0 aliphatic carbocycles. The van der Waals surface area contributed by atoms with Crippen molar-refractivity contribution in [1.82, 2.24) is 15.4 Å². The maximum Gasteiger partial charge on any atom is 0.122 e. The lowest BCUT2D eigenvalue weighted by atomic mass is 9.93. The van der Waals surface area contributed by atoms with Gasteiger partial charge in [-0.3, -0.25) is 0 Å². The van der Waals surface area contributed by atoms with Crippen molar-refractivity contribution in [2.45, 2.75) is 39.5 Å². The molecular formula is C15H21N3O. The van der Waals surface area contributed by atoms with Crippen LogP contribution >= 0.6 is 0 Å². The fourth-order valence-corrected chi connectivity index (χ4v) is 2.24. The van der Waals surface area contributed by atoms with E-state index in [0.29, 0.717) is 12.5 Å². The highest BCUT2D eigenvalue weighted by atomic mass is 16.5. The van der Waals surface area contributed by atoms with Gasteiger partial charge in [0.25, 0.3) is 0 Å². The molecule has 1 aromatic carbocycles. The van der Waals surface area contributed by atoms with Gasteiger partial charge in [-0.1, -0.05) is 26.0 Å². The Morgan fingerprint density at radius 3 is 2.79 bits per heavy atom. The number of H-pyrrole nitrogens is 1. The van der Waals surface area contributed by atoms with Gasteiger partial charge in [0.2, 0.25) is 0 Å². The van der Waals surface area contributed by atoms with E-state index in [1.54, 1.807) is 6.20 Å². The molecule has 0 amide bonds. The third-order valence-corrected chi connectivity index (χ3v) is 3.29. The van der Waals surface area contributed by atoms with Crippen LogP contribution in [0.4, 0.5) is 0 Å². The number of benzene rings is 1. The molecule has 0 fully saturated rings. The quantitative estimate of drug-likeness (QED) is 0.867. The Kier molecular flexibility index (Phi) is 4.55. The second-order valence-electron chi connectivity index (χ2n) is 4.73. The second-order valence-corrected chi connectivity index (χ2v) is 4.73. The lowest BCUT2D eigenvalue weighted by Crippen LogP contribution is -2.04. The highest BCUT2D eigenvalue weighted by Crippen LogP contribution is 2.30. The fraction of sp³-hybridized carbons (Fsp3) is 0.467. The van der Waals surface area contributed by atoms with Crippen LogP contribution in [0.5, 0.6) is 5.75 Å². The number of hydrogen-bond donors (Lipinski definition) is 1. The molecular weight excluding hydrogens is 238 g/mol. The van der Waals surface area contributed by atoms with E-state index in [9.17, 15) is 0 Å². The van der Waals surface area contributed by atoms with Gasteiger partial charge in [-0.25, -0.2) is 0 Å². The normalized spacial score (nSPS) is 12.4. The van der Waals surface area contributed by atoms with Crippen LogP contribution in [0.1, 0.15) is 43.5 Å². The molecule has 1 heterocycles. The van der Waals surface area contributed by atoms with Crippen LogP contribution in [0.3, 0.4) is 0 Å². The zero-order valence-corrected chi connectivity index (χ0v) is 11.8. The lowest BCUT2D eigenvalue weighted by molar-refractivity contribution is 0.334. The van der Waals surface area contributed by atoms with Crippen molar-refractivity contribution >= 4 is 0 Å². The third-order valence-electron chi connectivity index (χ3n) is 3.29. The molecule has 0 aliphatic heterocycles. The highest BCUT2D eigenvalue weighted by molar-refractivity contribution is 5.40. The average Bonchev–Trinajstić information content (AvgIpc) is 2.92. The van der Waals surface area contributed by atoms with Gasteiger partial charge in [-0.05, 0) is 42.9 Å². The van der Waals surface area contributed by atoms with E-state index in [1.165, 1.54) is 11.1 Å². The van der Waals surface area contributed by atoms with Crippen molar-refractivity contribution in [3.05, 3.63) is 41.2 Å². The molecule has 1 aromatic heterocycles. The molecule has 4 heteroatoms. The smallest absolute Gasteiger partial charge is 0.122 e. The van der Waals surface area contributed by atoms with Gasteiger partial charge in [0.05, 0.1) is 18.5 Å². The molecule has 1 unspecified atom stereocenters. The van der Waals surface area contributed by atoms with Crippen molar-refractivity contribution in [1.29, 1.82) is 0 Å². The van der Waals surface area contributed by atoms with Crippen LogP contribution in [0, 0.1) is 0 Å². The van der Waals surface area contributed by atoms with Gasteiger partial charge < -0.3 is 4.74 Å². The van der Waals surface area contributed by atoms with Crippen molar-refractivity contribution in [2.24, 2.45) is 0 Å². The summed E-state index contributed by atoms with van der Waals surface area (Å²) in [6, 6.07) is 6.46. The molecule has 2 aromatic rings. The Bertz CT molecular complexity index is 508. The molecule has 0 bridgehead atoms. The average molecular weight is 259 g/mol. The summed E-state index contributed by atoms with van der Waals surface area (Å²) in [5.41, 5.74) is 3.58. The topological polar surface area (TPSA) is 50.8 Å². The van der Waals surface area contributed by atoms with Crippen molar-refractivity contribution in [3.8, 4) is 5.75 Å². The minimum Gasteiger partial charge on any atom is -0.494 e. The van der Waals surface area contributed by atoms with E-state index in [1.807, 2.05) is 6.92 Å². The van der Waals surface area contributed by atoms with Gasteiger partial charge in [-0.15, -0.1) is 0 Å². The number of rotatable bonds is 6. The van der Waals surface area contributed by atoms with Gasteiger partial charge in [0, 0.05) is 0 Å². The maximum atomic E-state index is 5.73. The third kappa shape index (κ3) is 3.34. The Hall–Kier alpha value is -1.84. The zero-order valence-electron chi connectivity index (χ0n) is 11.8. The van der Waals surface area contributed by atoms with Crippen LogP contribution in [0.25, 0.3) is 0 Å². The van der Waals surface area contributed by atoms with Crippen molar-refractivity contribution < 1.29 is 4.74 Å². The number of nitrogens with zero attached hydrogens (tertiary/aromatic N) is 2. The molecule has 4 nitrogen and oxygen atoms in total. The Morgan fingerprint density at radius 2 is 2.16 bits per heavy atom. The predicted molar refractivity (Wildman–Crippen MR) is 75.5 cm³/mol. The fourth-order valence-electron chi connectivity index (χ4n) is 2.24. The van der Waals surface area contributed by atoms with E-state index in [-0.39, 0.29) is 0 Å². The molecule has 1 N–H and O–H groups in total. The molecule has 19 heavy (non-hydrogen) atoms. The monoisotopic (exact) mass is 259 g/mol. The van der Waals surface area contributed by atoms with Crippen molar-refractivity contribution in [3.63, 3.8) is 0 Å². The first-order valence-electron chi connectivity index (χ1n) is 6.84. The summed E-state index contributed by atoms with van der Waals surface area (Å²) in [6.07, 6.45) is 3.68. The van der Waals surface area contributed by atoms with Gasteiger partial charge in [0.1, 0.15) is 5.75 Å². The van der Waals surface area contributed by atoms with Crippen molar-refractivity contribution in [2.75, 3.05) is 6.61 Å². The Balaban J connectivity index is 2.24. The Labute approximate surface area is 114 Å². The first-order valence-corrected chi connectivity index (χ1v) is 6.84. The second kappa shape index (κ2) is 6.36. The number of aryl methyl sites for hydroxylation is 1. The van der Waals surface area contributed by atoms with E-state index >= 15 is 0 Å². The first kappa shape index (κ1) is 13.6. The lowest BCUT2D eigenvalue weighted by Gasteiger charge is -2.17. The SMILES string of the molecule is CCOc1ccc(CC)cc1C(C)Cc1cn[nH]n1. The Morgan fingerprint density at radius 1 is 1.32 bits per heavy atom. The number of hydrogen-bond acceptors (Lipinski definition) is 3. The molecule has 0 saturated carbocycles. The maximum absolute atomic E-state index is 5.73. The number of aromatic nitrogens is 3. The van der Waals surface area contributed by atoms with Crippen LogP contribution < -0.4 is 4.74 Å². The molecule has 102 valence electrons. The first-order chi connectivity index (χ1) is 9.24. The van der Waals surface area contributed by atoms with Crippen LogP contribution in [-0.4, -0.2) is 22.0 Å². The van der Waals surface area contributed by atoms with E-state index in [4.69, 9.17) is 4.74 Å². The van der Waals surface area contributed by atoms with Crippen LogP contribution in [-0.2, 0) is 12.8 Å². The van der Waals surface area contributed by atoms with Gasteiger partial charge in [0.15, 0.2) is 0 Å². The summed E-state index contributed by atoms with van der Waals surface area (Å²) in [7, 11) is 0. The highest BCUT2D eigenvalue weighted by Gasteiger charge is 2.14. The van der Waals surface area contributed by atoms with Gasteiger partial charge in [-0.2, -0.15) is 15.4 Å². The number of ether oxygens (including phenoxy) is 1.